The van der Waals surface area contributed by atoms with Crippen LogP contribution in [0.3, 0.4) is 0 Å². The second-order valence-electron chi connectivity index (χ2n) is 4.42. The van der Waals surface area contributed by atoms with Gasteiger partial charge in [0, 0.05) is 28.8 Å². The Bertz CT molecular complexity index is 526. The maximum Gasteiger partial charge on any atom is 0.159 e. The lowest BCUT2D eigenvalue weighted by Gasteiger charge is -2.08. The third kappa shape index (κ3) is 3.62. The number of halogens is 1. The number of hydrogen-bond donors (Lipinski definition) is 1. The van der Waals surface area contributed by atoms with Crippen molar-refractivity contribution in [2.45, 2.75) is 26.4 Å². The lowest BCUT2D eigenvalue weighted by molar-refractivity contribution is 0.581. The molecule has 4 heteroatoms. The van der Waals surface area contributed by atoms with E-state index in [1.807, 2.05) is 30.3 Å². The van der Waals surface area contributed by atoms with Gasteiger partial charge in [-0.3, -0.25) is 0 Å². The molecule has 0 aliphatic heterocycles. The lowest BCUT2D eigenvalue weighted by atomic mass is 10.2. The van der Waals surface area contributed by atoms with Crippen molar-refractivity contribution < 1.29 is 0 Å². The van der Waals surface area contributed by atoms with Crippen LogP contribution >= 0.6 is 15.9 Å². The van der Waals surface area contributed by atoms with Gasteiger partial charge in [-0.2, -0.15) is 0 Å². The van der Waals surface area contributed by atoms with E-state index in [9.17, 15) is 0 Å². The molecule has 0 saturated heterocycles. The second kappa shape index (κ2) is 6.07. The van der Waals surface area contributed by atoms with Crippen LogP contribution in [0.25, 0.3) is 11.4 Å². The normalized spacial score (nSPS) is 10.9. The summed E-state index contributed by atoms with van der Waals surface area (Å²) < 4.78 is 1.04. The monoisotopic (exact) mass is 305 g/mol. The van der Waals surface area contributed by atoms with Gasteiger partial charge in [0.1, 0.15) is 0 Å². The maximum absolute atomic E-state index is 4.56. The first-order valence-corrected chi connectivity index (χ1v) is 6.75. The van der Waals surface area contributed by atoms with Gasteiger partial charge in [-0.1, -0.05) is 41.9 Å². The van der Waals surface area contributed by atoms with Crippen molar-refractivity contribution in [3.63, 3.8) is 0 Å². The van der Waals surface area contributed by atoms with Gasteiger partial charge in [0.2, 0.25) is 0 Å². The van der Waals surface area contributed by atoms with Gasteiger partial charge in [0.15, 0.2) is 5.82 Å². The highest BCUT2D eigenvalue weighted by molar-refractivity contribution is 9.10. The van der Waals surface area contributed by atoms with Crippen LogP contribution in [0, 0.1) is 0 Å². The quantitative estimate of drug-likeness (QED) is 0.940. The summed E-state index contributed by atoms with van der Waals surface area (Å²) in [5, 5.41) is 3.35. The summed E-state index contributed by atoms with van der Waals surface area (Å²) >= 11 is 3.46. The molecule has 0 unspecified atom stereocenters. The standard InChI is InChI=1S/C14H16BrN3/c1-10(2)17-9-13-6-7-16-14(18-13)11-4-3-5-12(15)8-11/h3-8,10,17H,9H2,1-2H3. The zero-order chi connectivity index (χ0) is 13.0. The van der Waals surface area contributed by atoms with E-state index >= 15 is 0 Å². The van der Waals surface area contributed by atoms with Gasteiger partial charge in [0.25, 0.3) is 0 Å². The molecule has 0 atom stereocenters. The first-order chi connectivity index (χ1) is 8.65. The molecule has 0 aliphatic rings. The summed E-state index contributed by atoms with van der Waals surface area (Å²) in [6.45, 7) is 5.01. The second-order valence-corrected chi connectivity index (χ2v) is 5.33. The van der Waals surface area contributed by atoms with Crippen molar-refractivity contribution in [3.8, 4) is 11.4 Å². The van der Waals surface area contributed by atoms with Crippen molar-refractivity contribution in [1.29, 1.82) is 0 Å². The molecule has 1 aromatic heterocycles. The average molecular weight is 306 g/mol. The van der Waals surface area contributed by atoms with E-state index < -0.39 is 0 Å². The molecule has 18 heavy (non-hydrogen) atoms. The van der Waals surface area contributed by atoms with Crippen LogP contribution in [0.1, 0.15) is 19.5 Å². The van der Waals surface area contributed by atoms with Crippen LogP contribution < -0.4 is 5.32 Å². The third-order valence-corrected chi connectivity index (χ3v) is 2.98. The lowest BCUT2D eigenvalue weighted by Crippen LogP contribution is -2.22. The molecule has 0 fully saturated rings. The van der Waals surface area contributed by atoms with Crippen LogP contribution in [-0.2, 0) is 6.54 Å². The van der Waals surface area contributed by atoms with Crippen molar-refractivity contribution in [2.24, 2.45) is 0 Å². The number of nitrogens with one attached hydrogen (secondary N) is 1. The Kier molecular flexibility index (Phi) is 4.44. The highest BCUT2D eigenvalue weighted by Crippen LogP contribution is 2.19. The minimum absolute atomic E-state index is 0.453. The molecule has 1 N–H and O–H groups in total. The van der Waals surface area contributed by atoms with Crippen LogP contribution in [0.15, 0.2) is 41.0 Å². The number of aromatic nitrogens is 2. The maximum atomic E-state index is 4.56. The Morgan fingerprint density at radius 2 is 2.11 bits per heavy atom. The zero-order valence-electron chi connectivity index (χ0n) is 10.5. The number of benzene rings is 1. The average Bonchev–Trinajstić information content (AvgIpc) is 2.37. The summed E-state index contributed by atoms with van der Waals surface area (Å²) in [5.41, 5.74) is 2.03. The molecule has 3 nitrogen and oxygen atoms in total. The molecule has 0 aliphatic carbocycles. The Hall–Kier alpha value is -1.26. The van der Waals surface area contributed by atoms with Crippen LogP contribution in [0.2, 0.25) is 0 Å². The Morgan fingerprint density at radius 3 is 2.83 bits per heavy atom. The first kappa shape index (κ1) is 13.2. The fourth-order valence-corrected chi connectivity index (χ4v) is 1.97. The van der Waals surface area contributed by atoms with Crippen molar-refractivity contribution in [2.75, 3.05) is 0 Å². The highest BCUT2D eigenvalue weighted by atomic mass is 79.9. The molecule has 1 heterocycles. The van der Waals surface area contributed by atoms with Gasteiger partial charge >= 0.3 is 0 Å². The Labute approximate surface area is 116 Å². The topological polar surface area (TPSA) is 37.8 Å². The van der Waals surface area contributed by atoms with E-state index in [0.717, 1.165) is 28.1 Å². The number of hydrogen-bond acceptors (Lipinski definition) is 3. The predicted molar refractivity (Wildman–Crippen MR) is 77.1 cm³/mol. The molecule has 94 valence electrons. The molecule has 0 spiro atoms. The van der Waals surface area contributed by atoms with Gasteiger partial charge < -0.3 is 5.32 Å². The Morgan fingerprint density at radius 1 is 1.28 bits per heavy atom. The minimum atomic E-state index is 0.453. The van der Waals surface area contributed by atoms with E-state index in [1.165, 1.54) is 0 Å². The van der Waals surface area contributed by atoms with E-state index in [1.54, 1.807) is 6.20 Å². The van der Waals surface area contributed by atoms with Crippen LogP contribution in [0.5, 0.6) is 0 Å². The highest BCUT2D eigenvalue weighted by Gasteiger charge is 2.03. The van der Waals surface area contributed by atoms with Crippen molar-refractivity contribution >= 4 is 15.9 Å². The summed E-state index contributed by atoms with van der Waals surface area (Å²) in [6, 6.07) is 10.4. The molecule has 0 radical (unpaired) electrons. The number of nitrogens with zero attached hydrogens (tertiary/aromatic N) is 2. The van der Waals surface area contributed by atoms with Crippen LogP contribution in [0.4, 0.5) is 0 Å². The molecule has 0 amide bonds. The van der Waals surface area contributed by atoms with E-state index in [2.05, 4.69) is 45.1 Å². The van der Waals surface area contributed by atoms with Gasteiger partial charge in [0.05, 0.1) is 5.69 Å². The predicted octanol–water partition coefficient (Wildman–Crippen LogP) is 3.40. The SMILES string of the molecule is CC(C)NCc1ccnc(-c2cccc(Br)c2)n1. The summed E-state index contributed by atoms with van der Waals surface area (Å²) in [5.74, 6) is 0.763. The van der Waals surface area contributed by atoms with E-state index in [4.69, 9.17) is 0 Å². The van der Waals surface area contributed by atoms with E-state index in [0.29, 0.717) is 6.04 Å². The van der Waals surface area contributed by atoms with Crippen LogP contribution in [-0.4, -0.2) is 16.0 Å². The smallest absolute Gasteiger partial charge is 0.159 e. The Balaban J connectivity index is 2.21. The molecular weight excluding hydrogens is 290 g/mol. The van der Waals surface area contributed by atoms with Gasteiger partial charge in [-0.15, -0.1) is 0 Å². The summed E-state index contributed by atoms with van der Waals surface area (Å²) in [6.07, 6.45) is 1.81. The van der Waals surface area contributed by atoms with Gasteiger partial charge in [-0.25, -0.2) is 9.97 Å². The largest absolute Gasteiger partial charge is 0.309 e. The fraction of sp³-hybridized carbons (Fsp3) is 0.286. The first-order valence-electron chi connectivity index (χ1n) is 5.96. The molecule has 1 aromatic carbocycles. The third-order valence-electron chi connectivity index (χ3n) is 2.49. The van der Waals surface area contributed by atoms with Crippen molar-refractivity contribution in [1.82, 2.24) is 15.3 Å². The fourth-order valence-electron chi connectivity index (χ4n) is 1.57. The minimum Gasteiger partial charge on any atom is -0.309 e. The van der Waals surface area contributed by atoms with Gasteiger partial charge in [-0.05, 0) is 18.2 Å². The number of rotatable bonds is 4. The van der Waals surface area contributed by atoms with Crippen molar-refractivity contribution in [3.05, 3.63) is 46.7 Å². The molecule has 2 aromatic rings. The molecule has 0 saturated carbocycles. The zero-order valence-corrected chi connectivity index (χ0v) is 12.1. The molecule has 2 rings (SSSR count). The summed E-state index contributed by atoms with van der Waals surface area (Å²) in [4.78, 5) is 8.88. The molecular formula is C14H16BrN3. The summed E-state index contributed by atoms with van der Waals surface area (Å²) in [7, 11) is 0. The molecule has 0 bridgehead atoms. The van der Waals surface area contributed by atoms with E-state index in [-0.39, 0.29) is 0 Å².